The van der Waals surface area contributed by atoms with E-state index in [0.29, 0.717) is 13.2 Å². The standard InChI is InChI=1S/C11H17FN2O3S/c1-17-7-3-2-6-14-11-5-4-9(8-10(11)12)18(13,15)16/h4-5,8,14H,2-3,6-7H2,1H3,(H2,13,15,16). The molecule has 0 spiro atoms. The molecule has 1 aromatic rings. The first-order valence-corrected chi connectivity index (χ1v) is 7.05. The lowest BCUT2D eigenvalue weighted by atomic mass is 10.2. The van der Waals surface area contributed by atoms with Crippen molar-refractivity contribution in [1.82, 2.24) is 0 Å². The molecule has 0 aromatic heterocycles. The van der Waals surface area contributed by atoms with Gasteiger partial charge in [-0.15, -0.1) is 0 Å². The van der Waals surface area contributed by atoms with E-state index in [2.05, 4.69) is 5.32 Å². The summed E-state index contributed by atoms with van der Waals surface area (Å²) in [4.78, 5) is -0.232. The summed E-state index contributed by atoms with van der Waals surface area (Å²) in [5, 5.41) is 7.79. The van der Waals surface area contributed by atoms with Crippen LogP contribution in [0.4, 0.5) is 10.1 Å². The van der Waals surface area contributed by atoms with Crippen LogP contribution in [-0.2, 0) is 14.8 Å². The van der Waals surface area contributed by atoms with E-state index in [9.17, 15) is 12.8 Å². The number of hydrogen-bond acceptors (Lipinski definition) is 4. The predicted octanol–water partition coefficient (Wildman–Crippen LogP) is 1.31. The monoisotopic (exact) mass is 276 g/mol. The molecule has 5 nitrogen and oxygen atoms in total. The molecular weight excluding hydrogens is 259 g/mol. The average molecular weight is 276 g/mol. The quantitative estimate of drug-likeness (QED) is 0.736. The highest BCUT2D eigenvalue weighted by atomic mass is 32.2. The highest BCUT2D eigenvalue weighted by molar-refractivity contribution is 7.89. The highest BCUT2D eigenvalue weighted by Crippen LogP contribution is 2.18. The lowest BCUT2D eigenvalue weighted by molar-refractivity contribution is 0.194. The van der Waals surface area contributed by atoms with Crippen molar-refractivity contribution >= 4 is 15.7 Å². The van der Waals surface area contributed by atoms with Crippen molar-refractivity contribution in [3.05, 3.63) is 24.0 Å². The first kappa shape index (κ1) is 14.9. The van der Waals surface area contributed by atoms with Gasteiger partial charge in [-0.3, -0.25) is 0 Å². The number of hydrogen-bond donors (Lipinski definition) is 2. The number of methoxy groups -OCH3 is 1. The fourth-order valence-corrected chi connectivity index (χ4v) is 1.94. The van der Waals surface area contributed by atoms with E-state index in [4.69, 9.17) is 9.88 Å². The zero-order valence-electron chi connectivity index (χ0n) is 10.1. The molecule has 1 aromatic carbocycles. The number of sulfonamides is 1. The molecule has 0 heterocycles. The topological polar surface area (TPSA) is 81.4 Å². The Balaban J connectivity index is 2.58. The van der Waals surface area contributed by atoms with Gasteiger partial charge in [0.2, 0.25) is 10.0 Å². The molecule has 3 N–H and O–H groups in total. The van der Waals surface area contributed by atoms with Gasteiger partial charge in [0.15, 0.2) is 0 Å². The summed E-state index contributed by atoms with van der Waals surface area (Å²) in [6.45, 7) is 1.25. The number of primary sulfonamides is 1. The van der Waals surface area contributed by atoms with Gasteiger partial charge in [0.25, 0.3) is 0 Å². The third kappa shape index (κ3) is 4.59. The maximum absolute atomic E-state index is 13.5. The Kier molecular flexibility index (Phi) is 5.52. The van der Waals surface area contributed by atoms with Gasteiger partial charge in [-0.1, -0.05) is 0 Å². The minimum atomic E-state index is -3.86. The Morgan fingerprint density at radius 3 is 2.67 bits per heavy atom. The van der Waals surface area contributed by atoms with Crippen molar-refractivity contribution in [3.63, 3.8) is 0 Å². The molecule has 0 aliphatic heterocycles. The maximum Gasteiger partial charge on any atom is 0.238 e. The fraction of sp³-hybridized carbons (Fsp3) is 0.455. The van der Waals surface area contributed by atoms with Gasteiger partial charge in [-0.25, -0.2) is 17.9 Å². The number of unbranched alkanes of at least 4 members (excludes halogenated alkanes) is 1. The van der Waals surface area contributed by atoms with Crippen LogP contribution in [0, 0.1) is 5.82 Å². The van der Waals surface area contributed by atoms with E-state index < -0.39 is 15.8 Å². The molecule has 1 rings (SSSR count). The smallest absolute Gasteiger partial charge is 0.238 e. The number of benzene rings is 1. The van der Waals surface area contributed by atoms with E-state index in [0.717, 1.165) is 18.9 Å². The van der Waals surface area contributed by atoms with Gasteiger partial charge in [0.05, 0.1) is 10.6 Å². The molecule has 0 amide bonds. The van der Waals surface area contributed by atoms with Crippen molar-refractivity contribution in [2.45, 2.75) is 17.7 Å². The Morgan fingerprint density at radius 1 is 1.39 bits per heavy atom. The van der Waals surface area contributed by atoms with Gasteiger partial charge in [-0.2, -0.15) is 0 Å². The maximum atomic E-state index is 13.5. The summed E-state index contributed by atoms with van der Waals surface area (Å²) in [7, 11) is -2.23. The number of nitrogens with two attached hydrogens (primary N) is 1. The number of ether oxygens (including phenoxy) is 1. The molecular formula is C11H17FN2O3S. The third-order valence-electron chi connectivity index (χ3n) is 2.36. The summed E-state index contributed by atoms with van der Waals surface area (Å²) in [5.41, 5.74) is 0.264. The fourth-order valence-electron chi connectivity index (χ4n) is 1.41. The number of nitrogens with one attached hydrogen (secondary N) is 1. The predicted molar refractivity (Wildman–Crippen MR) is 67.4 cm³/mol. The molecule has 0 unspecified atom stereocenters. The van der Waals surface area contributed by atoms with Crippen molar-refractivity contribution in [2.24, 2.45) is 5.14 Å². The molecule has 0 aliphatic rings. The van der Waals surface area contributed by atoms with Crippen molar-refractivity contribution in [1.29, 1.82) is 0 Å². The van der Waals surface area contributed by atoms with E-state index >= 15 is 0 Å². The third-order valence-corrected chi connectivity index (χ3v) is 3.27. The summed E-state index contributed by atoms with van der Waals surface area (Å²) < 4.78 is 40.4. The van der Waals surface area contributed by atoms with Gasteiger partial charge in [-0.05, 0) is 31.0 Å². The normalized spacial score (nSPS) is 11.5. The van der Waals surface area contributed by atoms with Gasteiger partial charge in [0.1, 0.15) is 5.82 Å². The van der Waals surface area contributed by atoms with Crippen molar-refractivity contribution in [3.8, 4) is 0 Å². The SMILES string of the molecule is COCCCCNc1ccc(S(N)(=O)=O)cc1F. The summed E-state index contributed by atoms with van der Waals surface area (Å²) >= 11 is 0. The largest absolute Gasteiger partial charge is 0.385 e. The molecule has 0 saturated heterocycles. The first-order valence-electron chi connectivity index (χ1n) is 5.50. The minimum Gasteiger partial charge on any atom is -0.385 e. The average Bonchev–Trinajstić information content (AvgIpc) is 2.29. The van der Waals surface area contributed by atoms with Crippen LogP contribution in [0.15, 0.2) is 23.1 Å². The molecule has 0 atom stereocenters. The van der Waals surface area contributed by atoms with Gasteiger partial charge >= 0.3 is 0 Å². The van der Waals surface area contributed by atoms with Crippen LogP contribution in [0.5, 0.6) is 0 Å². The van der Waals surface area contributed by atoms with Crippen LogP contribution in [0.25, 0.3) is 0 Å². The van der Waals surface area contributed by atoms with E-state index in [1.54, 1.807) is 7.11 Å². The molecule has 0 radical (unpaired) electrons. The van der Waals surface area contributed by atoms with Crippen molar-refractivity contribution < 1.29 is 17.5 Å². The van der Waals surface area contributed by atoms with E-state index in [1.807, 2.05) is 0 Å². The van der Waals surface area contributed by atoms with Crippen LogP contribution in [0.1, 0.15) is 12.8 Å². The zero-order chi connectivity index (χ0) is 13.6. The second-order valence-electron chi connectivity index (χ2n) is 3.81. The van der Waals surface area contributed by atoms with E-state index in [1.165, 1.54) is 12.1 Å². The van der Waals surface area contributed by atoms with Gasteiger partial charge in [0, 0.05) is 20.3 Å². The molecule has 102 valence electrons. The number of halogens is 1. The summed E-state index contributed by atoms with van der Waals surface area (Å²) in [6.07, 6.45) is 1.71. The van der Waals surface area contributed by atoms with Crippen molar-refractivity contribution in [2.75, 3.05) is 25.6 Å². The molecule has 7 heteroatoms. The Bertz CT molecular complexity index is 491. The molecule has 0 fully saturated rings. The molecule has 0 aliphatic carbocycles. The minimum absolute atomic E-state index is 0.232. The van der Waals surface area contributed by atoms with Crippen LogP contribution in [0.3, 0.4) is 0 Å². The summed E-state index contributed by atoms with van der Waals surface area (Å²) in [5.74, 6) is -0.631. The van der Waals surface area contributed by atoms with E-state index in [-0.39, 0.29) is 10.6 Å². The molecule has 18 heavy (non-hydrogen) atoms. The first-order chi connectivity index (χ1) is 8.45. The van der Waals surface area contributed by atoms with Crippen LogP contribution in [0.2, 0.25) is 0 Å². The zero-order valence-corrected chi connectivity index (χ0v) is 11.0. The van der Waals surface area contributed by atoms with Gasteiger partial charge < -0.3 is 10.1 Å². The molecule has 0 bridgehead atoms. The second-order valence-corrected chi connectivity index (χ2v) is 5.37. The van der Waals surface area contributed by atoms with Crippen LogP contribution < -0.4 is 10.5 Å². The number of anilines is 1. The van der Waals surface area contributed by atoms with Crippen LogP contribution in [-0.4, -0.2) is 28.7 Å². The lowest BCUT2D eigenvalue weighted by Crippen LogP contribution is -2.13. The highest BCUT2D eigenvalue weighted by Gasteiger charge is 2.11. The summed E-state index contributed by atoms with van der Waals surface area (Å²) in [6, 6.07) is 3.55. The number of rotatable bonds is 7. The Morgan fingerprint density at radius 2 is 2.11 bits per heavy atom. The molecule has 0 saturated carbocycles. The Labute approximate surface area is 106 Å². The van der Waals surface area contributed by atoms with Crippen LogP contribution >= 0.6 is 0 Å². The second kappa shape index (κ2) is 6.67. The Hall–Kier alpha value is -1.18. The lowest BCUT2D eigenvalue weighted by Gasteiger charge is -2.08.